The molecule has 0 unspecified atom stereocenters. The second-order valence-corrected chi connectivity index (χ2v) is 8.12. The maximum absolute atomic E-state index is 12.2. The van der Waals surface area contributed by atoms with E-state index < -0.39 is 9.84 Å². The molecule has 3 aromatic rings. The van der Waals surface area contributed by atoms with E-state index in [1.54, 1.807) is 12.1 Å². The van der Waals surface area contributed by atoms with Crippen LogP contribution in [0, 0.1) is 0 Å². The fraction of sp³-hybridized carbons (Fsp3) is 0.235. The van der Waals surface area contributed by atoms with Gasteiger partial charge in [0.15, 0.2) is 15.7 Å². The number of nitrogens with zero attached hydrogens (tertiary/aromatic N) is 4. The van der Waals surface area contributed by atoms with Crippen molar-refractivity contribution in [3.05, 3.63) is 48.0 Å². The average Bonchev–Trinajstić information content (AvgIpc) is 3.08. The molecule has 0 atom stereocenters. The van der Waals surface area contributed by atoms with Gasteiger partial charge >= 0.3 is 0 Å². The van der Waals surface area contributed by atoms with Gasteiger partial charge in [0.05, 0.1) is 4.90 Å². The van der Waals surface area contributed by atoms with Crippen molar-refractivity contribution in [2.75, 3.05) is 20.4 Å². The van der Waals surface area contributed by atoms with E-state index in [0.717, 1.165) is 17.7 Å². The first-order chi connectivity index (χ1) is 11.9. The van der Waals surface area contributed by atoms with Gasteiger partial charge in [-0.2, -0.15) is 0 Å². The molecule has 3 rings (SSSR count). The minimum atomic E-state index is -3.44. The van der Waals surface area contributed by atoms with Crippen LogP contribution in [0.3, 0.4) is 0 Å². The molecule has 0 radical (unpaired) electrons. The van der Waals surface area contributed by atoms with Crippen LogP contribution in [0.25, 0.3) is 22.5 Å². The number of tetrazole rings is 1. The number of hydrogen-bond donors (Lipinski definition) is 1. The molecule has 8 heteroatoms. The third-order valence-corrected chi connectivity index (χ3v) is 4.91. The van der Waals surface area contributed by atoms with Gasteiger partial charge in [0.1, 0.15) is 0 Å². The SMILES string of the molecule is CN(C)Cc1ccc(-c2cccc(S(C)(=O)=O)c2-c2nnn[nH]2)cc1. The van der Waals surface area contributed by atoms with Gasteiger partial charge in [-0.05, 0) is 47.3 Å². The lowest BCUT2D eigenvalue weighted by molar-refractivity contribution is 0.402. The molecule has 0 spiro atoms. The zero-order valence-corrected chi connectivity index (χ0v) is 15.1. The van der Waals surface area contributed by atoms with Crippen molar-refractivity contribution in [3.63, 3.8) is 0 Å². The van der Waals surface area contributed by atoms with Gasteiger partial charge in [0, 0.05) is 18.4 Å². The number of hydrogen-bond acceptors (Lipinski definition) is 6. The number of rotatable bonds is 5. The third kappa shape index (κ3) is 3.75. The molecule has 7 nitrogen and oxygen atoms in total. The Balaban J connectivity index is 2.17. The van der Waals surface area contributed by atoms with E-state index in [0.29, 0.717) is 11.4 Å². The standard InChI is InChI=1S/C17H19N5O2S/c1-22(2)11-12-7-9-13(10-8-12)14-5-4-6-15(25(3,23)24)16(14)17-18-20-21-19-17/h4-10H,11H2,1-3H3,(H,18,19,20,21). The summed E-state index contributed by atoms with van der Waals surface area (Å²) >= 11 is 0. The molecule has 25 heavy (non-hydrogen) atoms. The first-order valence-electron chi connectivity index (χ1n) is 7.67. The number of sulfone groups is 1. The molecule has 0 saturated carbocycles. The Kier molecular flexibility index (Phi) is 4.65. The second-order valence-electron chi connectivity index (χ2n) is 6.14. The zero-order valence-electron chi connectivity index (χ0n) is 14.3. The van der Waals surface area contributed by atoms with Crippen molar-refractivity contribution < 1.29 is 8.42 Å². The molecule has 0 amide bonds. The van der Waals surface area contributed by atoms with Gasteiger partial charge < -0.3 is 4.90 Å². The van der Waals surface area contributed by atoms with E-state index in [9.17, 15) is 8.42 Å². The van der Waals surface area contributed by atoms with Crippen LogP contribution < -0.4 is 0 Å². The predicted octanol–water partition coefficient (Wildman–Crippen LogP) is 2.00. The highest BCUT2D eigenvalue weighted by Crippen LogP contribution is 2.35. The van der Waals surface area contributed by atoms with E-state index in [4.69, 9.17) is 0 Å². The average molecular weight is 357 g/mol. The third-order valence-electron chi connectivity index (χ3n) is 3.77. The topological polar surface area (TPSA) is 91.8 Å². The highest BCUT2D eigenvalue weighted by Gasteiger charge is 2.21. The van der Waals surface area contributed by atoms with Crippen molar-refractivity contribution in [2.45, 2.75) is 11.4 Å². The van der Waals surface area contributed by atoms with Crippen molar-refractivity contribution in [2.24, 2.45) is 0 Å². The van der Waals surface area contributed by atoms with E-state index in [2.05, 4.69) is 25.5 Å². The van der Waals surface area contributed by atoms with E-state index in [1.165, 1.54) is 11.8 Å². The molecule has 0 saturated heterocycles. The van der Waals surface area contributed by atoms with Crippen molar-refractivity contribution in [1.82, 2.24) is 25.5 Å². The molecule has 0 aliphatic rings. The van der Waals surface area contributed by atoms with Gasteiger partial charge in [0.25, 0.3) is 0 Å². The van der Waals surface area contributed by atoms with Crippen LogP contribution >= 0.6 is 0 Å². The normalized spacial score (nSPS) is 11.8. The number of aromatic nitrogens is 4. The first kappa shape index (κ1) is 17.2. The fourth-order valence-corrected chi connectivity index (χ4v) is 3.65. The largest absolute Gasteiger partial charge is 0.305 e. The summed E-state index contributed by atoms with van der Waals surface area (Å²) in [6, 6.07) is 13.2. The molecule has 1 heterocycles. The van der Waals surface area contributed by atoms with E-state index in [1.807, 2.05) is 44.4 Å². The zero-order chi connectivity index (χ0) is 18.0. The number of benzene rings is 2. The predicted molar refractivity (Wildman–Crippen MR) is 95.6 cm³/mol. The van der Waals surface area contributed by atoms with Gasteiger partial charge in [0.2, 0.25) is 0 Å². The lowest BCUT2D eigenvalue weighted by Gasteiger charge is -2.13. The molecule has 2 aromatic carbocycles. The van der Waals surface area contributed by atoms with Crippen LogP contribution in [0.5, 0.6) is 0 Å². The van der Waals surface area contributed by atoms with E-state index in [-0.39, 0.29) is 4.90 Å². The molecule has 0 fully saturated rings. The Morgan fingerprint density at radius 1 is 1.08 bits per heavy atom. The summed E-state index contributed by atoms with van der Waals surface area (Å²) in [5.41, 5.74) is 3.32. The molecule has 0 aliphatic heterocycles. The van der Waals surface area contributed by atoms with Crippen molar-refractivity contribution in [1.29, 1.82) is 0 Å². The van der Waals surface area contributed by atoms with Crippen molar-refractivity contribution in [3.8, 4) is 22.5 Å². The van der Waals surface area contributed by atoms with Crippen LogP contribution in [-0.4, -0.2) is 54.3 Å². The molecule has 0 bridgehead atoms. The Labute approximate surface area is 146 Å². The highest BCUT2D eigenvalue weighted by molar-refractivity contribution is 7.90. The summed E-state index contributed by atoms with van der Waals surface area (Å²) in [5.74, 6) is 0.327. The Bertz CT molecular complexity index is 965. The second kappa shape index (κ2) is 6.73. The van der Waals surface area contributed by atoms with Crippen LogP contribution in [0.15, 0.2) is 47.4 Å². The molecule has 1 aromatic heterocycles. The van der Waals surface area contributed by atoms with Crippen LogP contribution in [0.4, 0.5) is 0 Å². The molecule has 1 N–H and O–H groups in total. The minimum Gasteiger partial charge on any atom is -0.305 e. The van der Waals surface area contributed by atoms with Crippen LogP contribution in [0.1, 0.15) is 5.56 Å². The lowest BCUT2D eigenvalue weighted by Crippen LogP contribution is -2.10. The van der Waals surface area contributed by atoms with Gasteiger partial charge in [-0.1, -0.05) is 36.4 Å². The summed E-state index contributed by atoms with van der Waals surface area (Å²) in [4.78, 5) is 2.28. The van der Waals surface area contributed by atoms with Gasteiger partial charge in [-0.25, -0.2) is 13.5 Å². The summed E-state index contributed by atoms with van der Waals surface area (Å²) in [6.07, 6.45) is 1.18. The maximum Gasteiger partial charge on any atom is 0.181 e. The Morgan fingerprint density at radius 3 is 2.36 bits per heavy atom. The van der Waals surface area contributed by atoms with Crippen molar-refractivity contribution >= 4 is 9.84 Å². The Hall–Kier alpha value is -2.58. The molecule has 130 valence electrons. The van der Waals surface area contributed by atoms with Gasteiger partial charge in [-0.15, -0.1) is 5.10 Å². The first-order valence-corrected chi connectivity index (χ1v) is 9.56. The summed E-state index contributed by atoms with van der Waals surface area (Å²) in [7, 11) is 0.589. The lowest BCUT2D eigenvalue weighted by atomic mass is 9.98. The summed E-state index contributed by atoms with van der Waals surface area (Å²) in [5, 5.41) is 13.8. The summed E-state index contributed by atoms with van der Waals surface area (Å²) in [6.45, 7) is 0.836. The minimum absolute atomic E-state index is 0.195. The Morgan fingerprint density at radius 2 is 1.80 bits per heavy atom. The highest BCUT2D eigenvalue weighted by atomic mass is 32.2. The van der Waals surface area contributed by atoms with E-state index >= 15 is 0 Å². The maximum atomic E-state index is 12.2. The molecular weight excluding hydrogens is 338 g/mol. The summed E-state index contributed by atoms with van der Waals surface area (Å²) < 4.78 is 24.4. The van der Waals surface area contributed by atoms with Gasteiger partial charge in [-0.3, -0.25) is 0 Å². The monoisotopic (exact) mass is 357 g/mol. The fourth-order valence-electron chi connectivity index (χ4n) is 2.74. The quantitative estimate of drug-likeness (QED) is 0.751. The smallest absolute Gasteiger partial charge is 0.181 e. The molecular formula is C17H19N5O2S. The van der Waals surface area contributed by atoms with Crippen LogP contribution in [0.2, 0.25) is 0 Å². The molecule has 0 aliphatic carbocycles. The number of nitrogens with one attached hydrogen (secondary N) is 1. The number of H-pyrrole nitrogens is 1. The number of aromatic amines is 1. The van der Waals surface area contributed by atoms with Crippen LogP contribution in [-0.2, 0) is 16.4 Å².